The van der Waals surface area contributed by atoms with Crippen molar-refractivity contribution < 1.29 is 23.4 Å². The van der Waals surface area contributed by atoms with Crippen LogP contribution in [0.2, 0.25) is 0 Å². The standard InChI is InChI=1S/C12H15NO5S/c14-10-5-1-4-9(11(10)15)12(16)13-7-8-3-2-6-19(8,17)18/h1,4-5,8,14-15H,2-3,6-7H2,(H,13,16). The van der Waals surface area contributed by atoms with Crippen LogP contribution in [0.3, 0.4) is 0 Å². The molecule has 19 heavy (non-hydrogen) atoms. The summed E-state index contributed by atoms with van der Waals surface area (Å²) in [5.41, 5.74) is -0.0737. The number of sulfone groups is 1. The molecule has 1 aliphatic rings. The van der Waals surface area contributed by atoms with Gasteiger partial charge >= 0.3 is 0 Å². The zero-order valence-electron chi connectivity index (χ0n) is 10.2. The van der Waals surface area contributed by atoms with Gasteiger partial charge in [-0.3, -0.25) is 4.79 Å². The molecule has 3 N–H and O–H groups in total. The highest BCUT2D eigenvalue weighted by Crippen LogP contribution is 2.28. The molecule has 104 valence electrons. The van der Waals surface area contributed by atoms with E-state index in [-0.39, 0.29) is 23.6 Å². The Morgan fingerprint density at radius 2 is 2.11 bits per heavy atom. The molecule has 1 aliphatic heterocycles. The number of aromatic hydroxyl groups is 2. The number of nitrogens with one attached hydrogen (secondary N) is 1. The Morgan fingerprint density at radius 3 is 2.74 bits per heavy atom. The van der Waals surface area contributed by atoms with Gasteiger partial charge in [-0.2, -0.15) is 0 Å². The number of hydrogen-bond donors (Lipinski definition) is 3. The van der Waals surface area contributed by atoms with Crippen LogP contribution in [0.5, 0.6) is 11.5 Å². The Hall–Kier alpha value is -1.76. The van der Waals surface area contributed by atoms with E-state index in [1.807, 2.05) is 0 Å². The lowest BCUT2D eigenvalue weighted by Gasteiger charge is -2.11. The van der Waals surface area contributed by atoms with Crippen molar-refractivity contribution in [2.75, 3.05) is 12.3 Å². The number of hydrogen-bond acceptors (Lipinski definition) is 5. The Labute approximate surface area is 111 Å². The summed E-state index contributed by atoms with van der Waals surface area (Å²) in [5.74, 6) is -1.34. The first-order chi connectivity index (χ1) is 8.92. The van der Waals surface area contributed by atoms with E-state index in [1.54, 1.807) is 0 Å². The van der Waals surface area contributed by atoms with E-state index in [2.05, 4.69) is 5.32 Å². The van der Waals surface area contributed by atoms with Crippen molar-refractivity contribution in [3.8, 4) is 11.5 Å². The molecule has 1 fully saturated rings. The predicted octanol–water partition coefficient (Wildman–Crippen LogP) is 0.405. The Morgan fingerprint density at radius 1 is 1.37 bits per heavy atom. The zero-order valence-corrected chi connectivity index (χ0v) is 11.0. The van der Waals surface area contributed by atoms with Gasteiger partial charge in [0.1, 0.15) is 0 Å². The number of rotatable bonds is 3. The van der Waals surface area contributed by atoms with Crippen LogP contribution < -0.4 is 5.32 Å². The molecule has 1 aromatic rings. The highest BCUT2D eigenvalue weighted by Gasteiger charge is 2.31. The van der Waals surface area contributed by atoms with E-state index in [9.17, 15) is 23.4 Å². The van der Waals surface area contributed by atoms with E-state index in [0.29, 0.717) is 12.8 Å². The van der Waals surface area contributed by atoms with Gasteiger partial charge < -0.3 is 15.5 Å². The molecule has 1 amide bonds. The minimum absolute atomic E-state index is 0.0241. The van der Waals surface area contributed by atoms with Crippen LogP contribution in [0.1, 0.15) is 23.2 Å². The summed E-state index contributed by atoms with van der Waals surface area (Å²) in [4.78, 5) is 11.8. The van der Waals surface area contributed by atoms with Gasteiger partial charge in [-0.15, -0.1) is 0 Å². The third-order valence-electron chi connectivity index (χ3n) is 3.21. The molecule has 1 aromatic carbocycles. The number of phenolic OH excluding ortho intramolecular Hbond substituents is 2. The molecule has 0 aromatic heterocycles. The summed E-state index contributed by atoms with van der Waals surface area (Å²) in [5, 5.41) is 20.7. The third-order valence-corrected chi connectivity index (χ3v) is 5.49. The van der Waals surface area contributed by atoms with Crippen LogP contribution in [0.4, 0.5) is 0 Å². The fraction of sp³-hybridized carbons (Fsp3) is 0.417. The highest BCUT2D eigenvalue weighted by atomic mass is 32.2. The lowest BCUT2D eigenvalue weighted by Crippen LogP contribution is -2.34. The first-order valence-electron chi connectivity index (χ1n) is 5.92. The number of amides is 1. The Kier molecular flexibility index (Phi) is 3.66. The van der Waals surface area contributed by atoms with Crippen molar-refractivity contribution in [3.63, 3.8) is 0 Å². The second kappa shape index (κ2) is 5.08. The van der Waals surface area contributed by atoms with Gasteiger partial charge in [0.25, 0.3) is 5.91 Å². The average molecular weight is 285 g/mol. The van der Waals surface area contributed by atoms with Crippen LogP contribution in [0.15, 0.2) is 18.2 Å². The number of carbonyl (C=O) groups excluding carboxylic acids is 1. The van der Waals surface area contributed by atoms with Crippen LogP contribution in [0, 0.1) is 0 Å². The van der Waals surface area contributed by atoms with E-state index in [1.165, 1.54) is 18.2 Å². The van der Waals surface area contributed by atoms with Crippen LogP contribution in [-0.2, 0) is 9.84 Å². The molecule has 6 nitrogen and oxygen atoms in total. The largest absolute Gasteiger partial charge is 0.504 e. The third kappa shape index (κ3) is 2.81. The summed E-state index contributed by atoms with van der Waals surface area (Å²) in [6.45, 7) is 0.0241. The number of benzene rings is 1. The predicted molar refractivity (Wildman–Crippen MR) is 68.9 cm³/mol. The molecule has 0 radical (unpaired) electrons. The molecular formula is C12H15NO5S. The maximum absolute atomic E-state index is 11.8. The molecule has 1 atom stereocenters. The lowest BCUT2D eigenvalue weighted by atomic mass is 10.1. The molecule has 0 spiro atoms. The summed E-state index contributed by atoms with van der Waals surface area (Å²) in [6, 6.07) is 4.04. The Bertz CT molecular complexity index is 596. The van der Waals surface area contributed by atoms with Crippen molar-refractivity contribution in [2.24, 2.45) is 0 Å². The van der Waals surface area contributed by atoms with E-state index in [0.717, 1.165) is 0 Å². The first kappa shape index (κ1) is 13.7. The lowest BCUT2D eigenvalue weighted by molar-refractivity contribution is 0.0950. The molecule has 2 rings (SSSR count). The zero-order chi connectivity index (χ0) is 14.0. The quantitative estimate of drug-likeness (QED) is 0.698. The van der Waals surface area contributed by atoms with Gasteiger partial charge in [0.05, 0.1) is 16.6 Å². The number of phenols is 2. The minimum Gasteiger partial charge on any atom is -0.504 e. The fourth-order valence-corrected chi connectivity index (χ4v) is 3.87. The van der Waals surface area contributed by atoms with Crippen LogP contribution in [-0.4, -0.2) is 42.1 Å². The maximum atomic E-state index is 11.8. The topological polar surface area (TPSA) is 104 Å². The normalized spacial score (nSPS) is 21.2. The van der Waals surface area contributed by atoms with Gasteiger partial charge in [0.2, 0.25) is 0 Å². The van der Waals surface area contributed by atoms with Gasteiger partial charge in [-0.1, -0.05) is 6.07 Å². The summed E-state index contributed by atoms with van der Waals surface area (Å²) < 4.78 is 23.2. The van der Waals surface area contributed by atoms with Crippen molar-refractivity contribution in [1.29, 1.82) is 0 Å². The molecule has 1 saturated heterocycles. The van der Waals surface area contributed by atoms with E-state index < -0.39 is 26.7 Å². The molecule has 1 unspecified atom stereocenters. The van der Waals surface area contributed by atoms with Crippen LogP contribution >= 0.6 is 0 Å². The molecule has 0 aliphatic carbocycles. The van der Waals surface area contributed by atoms with Crippen molar-refractivity contribution in [2.45, 2.75) is 18.1 Å². The van der Waals surface area contributed by atoms with Gasteiger partial charge in [0, 0.05) is 6.54 Å². The fourth-order valence-electron chi connectivity index (χ4n) is 2.10. The van der Waals surface area contributed by atoms with Gasteiger partial charge in [0.15, 0.2) is 21.3 Å². The molecule has 7 heteroatoms. The average Bonchev–Trinajstić information content (AvgIpc) is 2.69. The summed E-state index contributed by atoms with van der Waals surface area (Å²) >= 11 is 0. The van der Waals surface area contributed by atoms with Crippen molar-refractivity contribution in [1.82, 2.24) is 5.32 Å². The summed E-state index contributed by atoms with van der Waals surface area (Å²) in [7, 11) is -3.11. The number of carbonyl (C=O) groups is 1. The monoisotopic (exact) mass is 285 g/mol. The second-order valence-electron chi connectivity index (χ2n) is 4.51. The number of para-hydroxylation sites is 1. The molecule has 0 saturated carbocycles. The van der Waals surface area contributed by atoms with E-state index in [4.69, 9.17) is 0 Å². The van der Waals surface area contributed by atoms with Crippen molar-refractivity contribution in [3.05, 3.63) is 23.8 Å². The molecular weight excluding hydrogens is 270 g/mol. The highest BCUT2D eigenvalue weighted by molar-refractivity contribution is 7.92. The van der Waals surface area contributed by atoms with E-state index >= 15 is 0 Å². The first-order valence-corrected chi connectivity index (χ1v) is 7.64. The van der Waals surface area contributed by atoms with Crippen molar-refractivity contribution >= 4 is 15.7 Å². The molecule has 0 bridgehead atoms. The van der Waals surface area contributed by atoms with Crippen LogP contribution in [0.25, 0.3) is 0 Å². The maximum Gasteiger partial charge on any atom is 0.255 e. The smallest absolute Gasteiger partial charge is 0.255 e. The minimum atomic E-state index is -3.11. The van der Waals surface area contributed by atoms with Gasteiger partial charge in [-0.25, -0.2) is 8.42 Å². The molecule has 1 heterocycles. The summed E-state index contributed by atoms with van der Waals surface area (Å²) in [6.07, 6.45) is 1.15. The SMILES string of the molecule is O=C(NCC1CCCS1(=O)=O)c1cccc(O)c1O. The van der Waals surface area contributed by atoms with Gasteiger partial charge in [-0.05, 0) is 25.0 Å². The second-order valence-corrected chi connectivity index (χ2v) is 6.92. The Balaban J connectivity index is 2.04.